The van der Waals surface area contributed by atoms with Crippen LogP contribution in [0.4, 0.5) is 5.69 Å². The van der Waals surface area contributed by atoms with Gasteiger partial charge in [-0.25, -0.2) is 0 Å². The summed E-state index contributed by atoms with van der Waals surface area (Å²) in [5.41, 5.74) is 12.3. The van der Waals surface area contributed by atoms with Crippen molar-refractivity contribution in [1.82, 2.24) is 0 Å². The second-order valence-corrected chi connectivity index (χ2v) is 6.47. The fraction of sp³-hybridized carbons (Fsp3) is 0.136. The summed E-state index contributed by atoms with van der Waals surface area (Å²) in [6.07, 6.45) is 7.50. The van der Waals surface area contributed by atoms with E-state index >= 15 is 0 Å². The van der Waals surface area contributed by atoms with Gasteiger partial charge in [0, 0.05) is 5.71 Å². The smallest absolute Gasteiger partial charge is 1.00 e. The monoisotopic (exact) mass is 454 g/mol. The van der Waals surface area contributed by atoms with Gasteiger partial charge < -0.3 is 24.8 Å². The van der Waals surface area contributed by atoms with E-state index in [1.165, 1.54) is 39.0 Å². The summed E-state index contributed by atoms with van der Waals surface area (Å²) in [5, 5.41) is 0. The molecule has 4 heteroatoms. The molecule has 3 aliphatic rings. The number of aliphatic imine (C=N–C) groups is 1. The van der Waals surface area contributed by atoms with E-state index in [-0.39, 0.29) is 51.0 Å². The molecule has 1 radical (unpaired) electrons. The molecule has 2 aromatic carbocycles. The summed E-state index contributed by atoms with van der Waals surface area (Å²) in [4.78, 5) is 4.91. The molecule has 0 aromatic heterocycles. The molecule has 0 unspecified atom stereocenters. The first-order valence-corrected chi connectivity index (χ1v) is 8.06. The van der Waals surface area contributed by atoms with Gasteiger partial charge >= 0.3 is 26.2 Å². The van der Waals surface area contributed by atoms with Crippen LogP contribution in [-0.2, 0) is 26.2 Å². The maximum absolute atomic E-state index is 4.91. The molecule has 0 N–H and O–H groups in total. The van der Waals surface area contributed by atoms with Crippen LogP contribution in [0.15, 0.2) is 53.6 Å². The van der Waals surface area contributed by atoms with Crippen LogP contribution < -0.4 is 24.8 Å². The molecule has 1 heterocycles. The van der Waals surface area contributed by atoms with Crippen molar-refractivity contribution in [1.29, 1.82) is 0 Å². The van der Waals surface area contributed by atoms with E-state index in [4.69, 9.17) is 4.99 Å². The maximum Gasteiger partial charge on any atom is 3.00 e. The average molecular weight is 457 g/mol. The fourth-order valence-electron chi connectivity index (χ4n) is 3.77. The van der Waals surface area contributed by atoms with Crippen molar-refractivity contribution in [2.24, 2.45) is 4.99 Å². The van der Waals surface area contributed by atoms with E-state index < -0.39 is 0 Å². The molecule has 2 aromatic rings. The predicted molar refractivity (Wildman–Crippen MR) is 96.9 cm³/mol. The zero-order chi connectivity index (χ0) is 15.6. The third kappa shape index (κ3) is 3.03. The van der Waals surface area contributed by atoms with Crippen LogP contribution in [-0.4, -0.2) is 5.71 Å². The number of hydrogen-bond donors (Lipinski definition) is 0. The van der Waals surface area contributed by atoms with Gasteiger partial charge in [0.05, 0.1) is 0 Å². The quantitative estimate of drug-likeness (QED) is 0.515. The van der Waals surface area contributed by atoms with E-state index in [0.717, 1.165) is 23.4 Å². The summed E-state index contributed by atoms with van der Waals surface area (Å²) in [5.74, 6) is 0. The Morgan fingerprint density at radius 3 is 2.54 bits per heavy atom. The Hall–Kier alpha value is -1.21. The second-order valence-electron chi connectivity index (χ2n) is 6.47. The van der Waals surface area contributed by atoms with Crippen molar-refractivity contribution in [3.05, 3.63) is 82.4 Å². The number of benzene rings is 2. The number of hydrogen-bond acceptors (Lipinski definition) is 1. The number of fused-ring (bicyclic) bond motifs is 5. The van der Waals surface area contributed by atoms with Gasteiger partial charge in [-0.15, -0.1) is 29.3 Å². The second kappa shape index (κ2) is 7.81. The normalized spacial score (nSPS) is 15.2. The minimum atomic E-state index is 0. The molecule has 5 rings (SSSR count). The molecule has 0 atom stereocenters. The van der Waals surface area contributed by atoms with Gasteiger partial charge in [0.1, 0.15) is 0 Å². The zero-order valence-electron chi connectivity index (χ0n) is 14.5. The maximum atomic E-state index is 4.91. The van der Waals surface area contributed by atoms with Crippen molar-refractivity contribution in [2.75, 3.05) is 0 Å². The molecular formula is C22H16Cl2NZr. The van der Waals surface area contributed by atoms with E-state index in [2.05, 4.69) is 68.5 Å². The molecular weight excluding hydrogens is 440 g/mol. The van der Waals surface area contributed by atoms with E-state index in [0.29, 0.717) is 0 Å². The van der Waals surface area contributed by atoms with Crippen molar-refractivity contribution in [2.45, 2.75) is 20.3 Å². The van der Waals surface area contributed by atoms with Gasteiger partial charge in [-0.3, -0.25) is 4.99 Å². The largest absolute Gasteiger partial charge is 3.00 e. The van der Waals surface area contributed by atoms with Gasteiger partial charge in [0.25, 0.3) is 0 Å². The Kier molecular flexibility index (Phi) is 6.33. The van der Waals surface area contributed by atoms with Crippen LogP contribution in [0, 0.1) is 13.0 Å². The Morgan fingerprint density at radius 2 is 1.81 bits per heavy atom. The standard InChI is InChI=1S/C22H16N.2ClH.Zr/c1-13-7-9-17-14(2)21-19-12-16(15-5-3-4-6-15)8-10-20(19)23-22(21)18(17)11-13;;;/h3-5,7-11H,6H2,1-2H3;2*1H;/q-1;;;+3/p-2. The average Bonchev–Trinajstić information content (AvgIpc) is 3.25. The van der Waals surface area contributed by atoms with Crippen LogP contribution in [0.5, 0.6) is 0 Å². The topological polar surface area (TPSA) is 12.4 Å². The minimum absolute atomic E-state index is 0. The number of aryl methyl sites for hydroxylation is 1. The Labute approximate surface area is 186 Å². The minimum Gasteiger partial charge on any atom is -1.00 e. The van der Waals surface area contributed by atoms with Gasteiger partial charge in [0.2, 0.25) is 0 Å². The SMILES string of the molecule is CC1=C2C(=Nc3ccc(C4=CC=CC4)[c-]c32)c2cc(C)ccc21.[Cl-].[Cl-].[Zr+3]. The molecule has 0 saturated heterocycles. The van der Waals surface area contributed by atoms with Crippen molar-refractivity contribution >= 4 is 28.1 Å². The van der Waals surface area contributed by atoms with Gasteiger partial charge in [-0.1, -0.05) is 52.6 Å². The fourth-order valence-corrected chi connectivity index (χ4v) is 3.77. The van der Waals surface area contributed by atoms with Gasteiger partial charge in [0.15, 0.2) is 0 Å². The number of rotatable bonds is 1. The van der Waals surface area contributed by atoms with Crippen LogP contribution >= 0.6 is 0 Å². The number of nitrogens with zero attached hydrogens (tertiary/aromatic N) is 1. The first-order chi connectivity index (χ1) is 11.2. The summed E-state index contributed by atoms with van der Waals surface area (Å²) in [7, 11) is 0. The Bertz CT molecular complexity index is 1010. The molecule has 0 spiro atoms. The molecule has 1 nitrogen and oxygen atoms in total. The molecule has 26 heavy (non-hydrogen) atoms. The molecule has 0 amide bonds. The molecule has 2 aliphatic carbocycles. The summed E-state index contributed by atoms with van der Waals surface area (Å²) < 4.78 is 0. The van der Waals surface area contributed by atoms with Crippen molar-refractivity contribution in [3.8, 4) is 0 Å². The molecule has 0 saturated carbocycles. The van der Waals surface area contributed by atoms with Crippen molar-refractivity contribution in [3.63, 3.8) is 0 Å². The third-order valence-corrected chi connectivity index (χ3v) is 4.97. The molecule has 1 aliphatic heterocycles. The summed E-state index contributed by atoms with van der Waals surface area (Å²) in [6, 6.07) is 14.6. The van der Waals surface area contributed by atoms with Crippen LogP contribution in [0.25, 0.3) is 16.7 Å². The van der Waals surface area contributed by atoms with Crippen LogP contribution in [0.3, 0.4) is 0 Å². The van der Waals surface area contributed by atoms with E-state index in [1.807, 2.05) is 0 Å². The zero-order valence-corrected chi connectivity index (χ0v) is 18.5. The van der Waals surface area contributed by atoms with E-state index in [9.17, 15) is 0 Å². The first kappa shape index (κ1) is 21.1. The predicted octanol–water partition coefficient (Wildman–Crippen LogP) is -0.477. The molecule has 0 fully saturated rings. The van der Waals surface area contributed by atoms with Crippen LogP contribution in [0.1, 0.15) is 41.2 Å². The summed E-state index contributed by atoms with van der Waals surface area (Å²) in [6.45, 7) is 4.35. The Balaban J connectivity index is 0.000000810. The van der Waals surface area contributed by atoms with Crippen LogP contribution in [0.2, 0.25) is 0 Å². The molecule has 127 valence electrons. The van der Waals surface area contributed by atoms with Crippen molar-refractivity contribution < 1.29 is 51.0 Å². The van der Waals surface area contributed by atoms with E-state index in [1.54, 1.807) is 0 Å². The van der Waals surface area contributed by atoms with Gasteiger partial charge in [-0.05, 0) is 43.1 Å². The number of halogens is 2. The number of allylic oxidation sites excluding steroid dienone is 6. The first-order valence-electron chi connectivity index (χ1n) is 8.06. The summed E-state index contributed by atoms with van der Waals surface area (Å²) >= 11 is 0. The third-order valence-electron chi connectivity index (χ3n) is 4.97. The molecule has 0 bridgehead atoms. The van der Waals surface area contributed by atoms with Gasteiger partial charge in [-0.2, -0.15) is 0 Å². The Morgan fingerprint density at radius 1 is 1.00 bits per heavy atom.